The molecule has 0 bridgehead atoms. The van der Waals surface area contributed by atoms with E-state index in [-0.39, 0.29) is 53.1 Å². The van der Waals surface area contributed by atoms with Crippen LogP contribution in [0, 0.1) is 5.92 Å². The van der Waals surface area contributed by atoms with E-state index in [2.05, 4.69) is 10.6 Å². The summed E-state index contributed by atoms with van der Waals surface area (Å²) < 4.78 is 9.44. The number of esters is 2. The van der Waals surface area contributed by atoms with Gasteiger partial charge in [0.25, 0.3) is 0 Å². The molecule has 1 aliphatic heterocycles. The Labute approximate surface area is 197 Å². The van der Waals surface area contributed by atoms with Crippen LogP contribution >= 0.6 is 0 Å². The van der Waals surface area contributed by atoms with Crippen LogP contribution in [0.1, 0.15) is 65.7 Å². The summed E-state index contributed by atoms with van der Waals surface area (Å²) in [5, 5.41) is 5.66. The van der Waals surface area contributed by atoms with Gasteiger partial charge in [-0.2, -0.15) is 0 Å². The molecule has 0 unspecified atom stereocenters. The van der Waals surface area contributed by atoms with E-state index >= 15 is 0 Å². The second-order valence-electron chi connectivity index (χ2n) is 9.04. The highest BCUT2D eigenvalue weighted by Crippen LogP contribution is 2.37. The number of methoxy groups -OCH3 is 2. The molecule has 2 saturated carbocycles. The predicted molar refractivity (Wildman–Crippen MR) is 120 cm³/mol. The van der Waals surface area contributed by atoms with Gasteiger partial charge in [0.2, 0.25) is 17.7 Å². The maximum absolute atomic E-state index is 13.1. The maximum atomic E-state index is 13.1. The quantitative estimate of drug-likeness (QED) is 0.603. The molecule has 10 nitrogen and oxygen atoms in total. The second kappa shape index (κ2) is 9.82. The Morgan fingerprint density at radius 2 is 1.59 bits per heavy atom. The van der Waals surface area contributed by atoms with Crippen molar-refractivity contribution in [1.29, 1.82) is 0 Å². The lowest BCUT2D eigenvalue weighted by atomic mass is 9.85. The smallest absolute Gasteiger partial charge is 0.337 e. The molecule has 3 atom stereocenters. The number of hydrogen-bond acceptors (Lipinski definition) is 7. The first-order chi connectivity index (χ1) is 16.3. The number of carbonyl (C=O) groups is 5. The summed E-state index contributed by atoms with van der Waals surface area (Å²) in [5.41, 5.74) is 0.304. The van der Waals surface area contributed by atoms with Crippen molar-refractivity contribution in [3.63, 3.8) is 0 Å². The summed E-state index contributed by atoms with van der Waals surface area (Å²) in [5.74, 6) is -2.33. The fraction of sp³-hybridized carbons (Fsp3) is 0.542. The Bertz CT molecular complexity index is 986. The molecule has 3 fully saturated rings. The number of carbonyl (C=O) groups excluding carboxylic acids is 5. The molecule has 10 heteroatoms. The maximum Gasteiger partial charge on any atom is 0.337 e. The molecular weight excluding hydrogens is 442 g/mol. The van der Waals surface area contributed by atoms with Crippen LogP contribution in [-0.2, 0) is 23.9 Å². The molecule has 3 amide bonds. The molecule has 1 heterocycles. The molecule has 0 radical (unpaired) electrons. The highest BCUT2D eigenvalue weighted by atomic mass is 16.5. The van der Waals surface area contributed by atoms with Crippen molar-refractivity contribution in [3.8, 4) is 0 Å². The van der Waals surface area contributed by atoms with Gasteiger partial charge in [-0.05, 0) is 43.9 Å². The molecule has 3 aliphatic rings. The number of nitrogens with zero attached hydrogens (tertiary/aromatic N) is 1. The van der Waals surface area contributed by atoms with Gasteiger partial charge in [0.15, 0.2) is 0 Å². The van der Waals surface area contributed by atoms with E-state index in [1.807, 2.05) is 0 Å². The normalized spacial score (nSPS) is 23.9. The van der Waals surface area contributed by atoms with Gasteiger partial charge in [-0.1, -0.05) is 12.8 Å². The van der Waals surface area contributed by atoms with E-state index in [0.29, 0.717) is 0 Å². The first kappa shape index (κ1) is 23.7. The van der Waals surface area contributed by atoms with Crippen LogP contribution in [0.5, 0.6) is 0 Å². The number of nitrogens with one attached hydrogen (secondary N) is 2. The van der Waals surface area contributed by atoms with Gasteiger partial charge in [-0.3, -0.25) is 14.4 Å². The molecule has 182 valence electrons. The Kier molecular flexibility index (Phi) is 6.85. The fourth-order valence-corrected chi connectivity index (χ4v) is 4.86. The summed E-state index contributed by atoms with van der Waals surface area (Å²) in [6, 6.07) is 2.97. The Hall–Kier alpha value is -3.43. The van der Waals surface area contributed by atoms with Crippen molar-refractivity contribution < 1.29 is 33.4 Å². The molecule has 2 N–H and O–H groups in total. The van der Waals surface area contributed by atoms with Crippen LogP contribution in [0.2, 0.25) is 0 Å². The number of rotatable bonds is 6. The van der Waals surface area contributed by atoms with Crippen LogP contribution in [0.4, 0.5) is 5.69 Å². The number of benzene rings is 1. The summed E-state index contributed by atoms with van der Waals surface area (Å²) in [7, 11) is 2.41. The van der Waals surface area contributed by atoms with E-state index in [1.54, 1.807) is 4.90 Å². The number of hydrogen-bond donors (Lipinski definition) is 2. The monoisotopic (exact) mass is 471 g/mol. The summed E-state index contributed by atoms with van der Waals surface area (Å²) >= 11 is 0. The zero-order valence-electron chi connectivity index (χ0n) is 19.3. The first-order valence-corrected chi connectivity index (χ1v) is 11.6. The lowest BCUT2D eigenvalue weighted by Gasteiger charge is -2.48. The van der Waals surface area contributed by atoms with Crippen molar-refractivity contribution in [1.82, 2.24) is 10.2 Å². The van der Waals surface area contributed by atoms with E-state index in [1.165, 1.54) is 32.4 Å². The molecule has 1 aromatic rings. The molecular formula is C24H29N3O7. The number of piperazine rings is 1. The Morgan fingerprint density at radius 3 is 2.18 bits per heavy atom. The fourth-order valence-electron chi connectivity index (χ4n) is 4.86. The minimum Gasteiger partial charge on any atom is -0.465 e. The third-order valence-electron chi connectivity index (χ3n) is 6.67. The van der Waals surface area contributed by atoms with Crippen molar-refractivity contribution in [3.05, 3.63) is 29.3 Å². The van der Waals surface area contributed by atoms with E-state index in [4.69, 9.17) is 9.47 Å². The first-order valence-electron chi connectivity index (χ1n) is 11.6. The van der Waals surface area contributed by atoms with Gasteiger partial charge in [0, 0.05) is 17.6 Å². The van der Waals surface area contributed by atoms with Crippen molar-refractivity contribution in [2.24, 2.45) is 5.92 Å². The van der Waals surface area contributed by atoms with E-state index in [0.717, 1.165) is 38.5 Å². The van der Waals surface area contributed by atoms with Gasteiger partial charge in [0.1, 0.15) is 6.04 Å². The van der Waals surface area contributed by atoms with Gasteiger partial charge in [-0.25, -0.2) is 9.59 Å². The molecule has 34 heavy (non-hydrogen) atoms. The molecule has 0 aromatic heterocycles. The molecule has 1 saturated heterocycles. The highest BCUT2D eigenvalue weighted by molar-refractivity contribution is 6.01. The predicted octanol–water partition coefficient (Wildman–Crippen LogP) is 1.64. The number of fused-ring (bicyclic) bond motifs is 1. The molecule has 0 spiro atoms. The molecule has 2 aliphatic carbocycles. The zero-order chi connectivity index (χ0) is 24.4. The van der Waals surface area contributed by atoms with Crippen LogP contribution in [-0.4, -0.2) is 66.9 Å². The van der Waals surface area contributed by atoms with Gasteiger partial charge in [0.05, 0.1) is 37.8 Å². The average molecular weight is 472 g/mol. The van der Waals surface area contributed by atoms with Crippen LogP contribution in [0.3, 0.4) is 0 Å². The summed E-state index contributed by atoms with van der Waals surface area (Å²) in [6.45, 7) is 0. The highest BCUT2D eigenvalue weighted by Gasteiger charge is 2.48. The number of amides is 3. The topological polar surface area (TPSA) is 131 Å². The van der Waals surface area contributed by atoms with Crippen LogP contribution in [0.15, 0.2) is 18.2 Å². The Balaban J connectivity index is 1.55. The number of anilines is 1. The summed E-state index contributed by atoms with van der Waals surface area (Å²) in [4.78, 5) is 64.7. The lowest BCUT2D eigenvalue weighted by Crippen LogP contribution is -2.68. The van der Waals surface area contributed by atoms with Crippen molar-refractivity contribution >= 4 is 35.3 Å². The molecule has 4 rings (SSSR count). The minimum absolute atomic E-state index is 0.0507. The average Bonchev–Trinajstić information content (AvgIpc) is 3.68. The third-order valence-corrected chi connectivity index (χ3v) is 6.67. The molecule has 1 aromatic carbocycles. The standard InChI is InChI=1S/C24H29N3O7/c1-33-23(31)14-9-15(24(32)34-2)11-16(10-14)25-20(28)12-19-21(29)26-17-5-3-4-6-18(17)27(19)22(30)13-7-8-13/h9-11,13,17-19H,3-8,12H2,1-2H3,(H,25,28)(H,26,29)/t17-,18+,19-/m1/s1. The van der Waals surface area contributed by atoms with Crippen molar-refractivity contribution in [2.45, 2.75) is 63.1 Å². The van der Waals surface area contributed by atoms with Gasteiger partial charge >= 0.3 is 11.9 Å². The lowest BCUT2D eigenvalue weighted by molar-refractivity contribution is -0.152. The van der Waals surface area contributed by atoms with Crippen LogP contribution < -0.4 is 10.6 Å². The third kappa shape index (κ3) is 4.90. The summed E-state index contributed by atoms with van der Waals surface area (Å²) in [6.07, 6.45) is 4.97. The zero-order valence-corrected chi connectivity index (χ0v) is 19.3. The SMILES string of the molecule is COC(=O)c1cc(NC(=O)C[C@@H]2C(=O)N[C@@H]3CCCC[C@@H]3N2C(=O)C2CC2)cc(C(=O)OC)c1. The Morgan fingerprint density at radius 1 is 0.971 bits per heavy atom. The second-order valence-corrected chi connectivity index (χ2v) is 9.04. The number of ether oxygens (including phenoxy) is 2. The van der Waals surface area contributed by atoms with Crippen molar-refractivity contribution in [2.75, 3.05) is 19.5 Å². The minimum atomic E-state index is -0.906. The van der Waals surface area contributed by atoms with Gasteiger partial charge in [-0.15, -0.1) is 0 Å². The van der Waals surface area contributed by atoms with Crippen LogP contribution in [0.25, 0.3) is 0 Å². The van der Waals surface area contributed by atoms with E-state index in [9.17, 15) is 24.0 Å². The largest absolute Gasteiger partial charge is 0.465 e. The van der Waals surface area contributed by atoms with Gasteiger partial charge < -0.3 is 25.0 Å². The van der Waals surface area contributed by atoms with E-state index < -0.39 is 23.9 Å².